The Kier molecular flexibility index (Phi) is 12.1. The Morgan fingerprint density at radius 3 is 2.58 bits per heavy atom. The zero-order valence-corrected chi connectivity index (χ0v) is 18.0. The second-order valence-corrected chi connectivity index (χ2v) is 5.81. The topological polar surface area (TPSA) is 70.7 Å². The number of aromatic nitrogens is 1. The summed E-state index contributed by atoms with van der Waals surface area (Å²) in [6.07, 6.45) is 2.27. The molecule has 1 aromatic carbocycles. The standard InChI is InChI=1S/C19H30N4O2.HI/c1-3-4-10-24-12-13-25-11-9-21-19(20-2)22-15-17-14-16-7-5-6-8-18(16)23-17;/h5-8,14,23H,3-4,9-13,15H2,1-2H3,(H2,20,21,22);1H. The molecule has 0 radical (unpaired) electrons. The lowest BCUT2D eigenvalue weighted by atomic mass is 10.2. The minimum Gasteiger partial charge on any atom is -0.379 e. The van der Waals surface area contributed by atoms with Crippen LogP contribution in [-0.2, 0) is 16.0 Å². The third kappa shape index (κ3) is 8.37. The molecule has 1 aromatic heterocycles. The predicted molar refractivity (Wildman–Crippen MR) is 118 cm³/mol. The van der Waals surface area contributed by atoms with Crippen LogP contribution in [0.3, 0.4) is 0 Å². The van der Waals surface area contributed by atoms with Crippen molar-refractivity contribution in [2.75, 3.05) is 40.0 Å². The number of aliphatic imine (C=N–C) groups is 1. The molecule has 7 heteroatoms. The maximum atomic E-state index is 5.53. The van der Waals surface area contributed by atoms with Gasteiger partial charge in [0.1, 0.15) is 0 Å². The first kappa shape index (κ1) is 22.7. The van der Waals surface area contributed by atoms with E-state index in [-0.39, 0.29) is 24.0 Å². The molecular formula is C19H31IN4O2. The van der Waals surface area contributed by atoms with Crippen molar-refractivity contribution in [3.63, 3.8) is 0 Å². The van der Waals surface area contributed by atoms with E-state index in [9.17, 15) is 0 Å². The molecule has 0 bridgehead atoms. The lowest BCUT2D eigenvalue weighted by Crippen LogP contribution is -2.38. The van der Waals surface area contributed by atoms with Crippen LogP contribution >= 0.6 is 24.0 Å². The number of hydrogen-bond acceptors (Lipinski definition) is 3. The molecule has 0 aliphatic rings. The van der Waals surface area contributed by atoms with Crippen LogP contribution in [0.4, 0.5) is 0 Å². The molecule has 0 fully saturated rings. The van der Waals surface area contributed by atoms with E-state index >= 15 is 0 Å². The van der Waals surface area contributed by atoms with Gasteiger partial charge >= 0.3 is 0 Å². The van der Waals surface area contributed by atoms with Gasteiger partial charge in [-0.1, -0.05) is 31.5 Å². The molecule has 26 heavy (non-hydrogen) atoms. The molecule has 2 aromatic rings. The fourth-order valence-electron chi connectivity index (χ4n) is 2.44. The Morgan fingerprint density at radius 2 is 1.85 bits per heavy atom. The van der Waals surface area contributed by atoms with Crippen molar-refractivity contribution >= 4 is 40.8 Å². The Hall–Kier alpha value is -1.32. The van der Waals surface area contributed by atoms with Crippen molar-refractivity contribution in [3.8, 4) is 0 Å². The van der Waals surface area contributed by atoms with Gasteiger partial charge in [-0.25, -0.2) is 0 Å². The van der Waals surface area contributed by atoms with Crippen molar-refractivity contribution in [3.05, 3.63) is 36.0 Å². The highest BCUT2D eigenvalue weighted by Crippen LogP contribution is 2.14. The van der Waals surface area contributed by atoms with Gasteiger partial charge in [0.15, 0.2) is 5.96 Å². The molecule has 0 atom stereocenters. The number of nitrogens with zero attached hydrogens (tertiary/aromatic N) is 1. The van der Waals surface area contributed by atoms with Crippen molar-refractivity contribution in [2.24, 2.45) is 4.99 Å². The molecule has 0 aliphatic carbocycles. The van der Waals surface area contributed by atoms with Gasteiger partial charge in [-0.15, -0.1) is 24.0 Å². The van der Waals surface area contributed by atoms with Gasteiger partial charge in [-0.2, -0.15) is 0 Å². The van der Waals surface area contributed by atoms with Gasteiger partial charge in [0, 0.05) is 31.4 Å². The Labute approximate surface area is 173 Å². The first-order chi connectivity index (χ1) is 12.3. The van der Waals surface area contributed by atoms with E-state index in [0.717, 1.165) is 36.6 Å². The molecular weight excluding hydrogens is 443 g/mol. The van der Waals surface area contributed by atoms with Crippen molar-refractivity contribution in [2.45, 2.75) is 26.3 Å². The molecule has 6 nitrogen and oxygen atoms in total. The number of aromatic amines is 1. The monoisotopic (exact) mass is 474 g/mol. The van der Waals surface area contributed by atoms with Gasteiger partial charge in [-0.3, -0.25) is 4.99 Å². The number of guanidine groups is 1. The SMILES string of the molecule is CCCCOCCOCCNC(=NC)NCc1cc2ccccc2[nH]1.I. The maximum absolute atomic E-state index is 5.53. The van der Waals surface area contributed by atoms with Crippen LogP contribution in [0, 0.1) is 0 Å². The van der Waals surface area contributed by atoms with E-state index in [1.165, 1.54) is 5.39 Å². The first-order valence-electron chi connectivity index (χ1n) is 9.00. The number of para-hydroxylation sites is 1. The van der Waals surface area contributed by atoms with Crippen LogP contribution in [0.15, 0.2) is 35.3 Å². The molecule has 1 heterocycles. The van der Waals surface area contributed by atoms with Crippen LogP contribution in [0.25, 0.3) is 10.9 Å². The zero-order chi connectivity index (χ0) is 17.7. The molecule has 0 spiro atoms. The summed E-state index contributed by atoms with van der Waals surface area (Å²) < 4.78 is 11.0. The average molecular weight is 474 g/mol. The van der Waals surface area contributed by atoms with Gasteiger partial charge in [-0.05, 0) is 23.9 Å². The number of H-pyrrole nitrogens is 1. The van der Waals surface area contributed by atoms with E-state index in [1.807, 2.05) is 12.1 Å². The summed E-state index contributed by atoms with van der Waals surface area (Å²) in [6, 6.07) is 10.4. The van der Waals surface area contributed by atoms with Crippen LogP contribution in [0.1, 0.15) is 25.5 Å². The molecule has 0 saturated heterocycles. The van der Waals surface area contributed by atoms with Gasteiger partial charge in [0.2, 0.25) is 0 Å². The van der Waals surface area contributed by atoms with E-state index in [1.54, 1.807) is 7.05 Å². The number of halogens is 1. The highest BCUT2D eigenvalue weighted by Gasteiger charge is 2.02. The largest absolute Gasteiger partial charge is 0.379 e. The summed E-state index contributed by atoms with van der Waals surface area (Å²) in [5, 5.41) is 7.76. The van der Waals surface area contributed by atoms with E-state index in [2.05, 4.69) is 45.7 Å². The smallest absolute Gasteiger partial charge is 0.191 e. The predicted octanol–water partition coefficient (Wildman–Crippen LogP) is 3.28. The molecule has 0 amide bonds. The molecule has 3 N–H and O–H groups in total. The maximum Gasteiger partial charge on any atom is 0.191 e. The van der Waals surface area contributed by atoms with Crippen LogP contribution in [0.2, 0.25) is 0 Å². The van der Waals surface area contributed by atoms with Crippen molar-refractivity contribution in [1.82, 2.24) is 15.6 Å². The molecule has 0 saturated carbocycles. The third-order valence-electron chi connectivity index (χ3n) is 3.81. The van der Waals surface area contributed by atoms with Crippen LogP contribution in [-0.4, -0.2) is 51.0 Å². The van der Waals surface area contributed by atoms with Crippen LogP contribution in [0.5, 0.6) is 0 Å². The minimum absolute atomic E-state index is 0. The quantitative estimate of drug-likeness (QED) is 0.202. The van der Waals surface area contributed by atoms with Crippen molar-refractivity contribution < 1.29 is 9.47 Å². The summed E-state index contributed by atoms with van der Waals surface area (Å²) in [7, 11) is 1.77. The summed E-state index contributed by atoms with van der Waals surface area (Å²) in [4.78, 5) is 7.62. The number of unbranched alkanes of at least 4 members (excludes halogenated alkanes) is 1. The molecule has 2 rings (SSSR count). The molecule has 0 aliphatic heterocycles. The number of ether oxygens (including phenoxy) is 2. The van der Waals surface area contributed by atoms with E-state index in [4.69, 9.17) is 9.47 Å². The fraction of sp³-hybridized carbons (Fsp3) is 0.526. The summed E-state index contributed by atoms with van der Waals surface area (Å²) >= 11 is 0. The van der Waals surface area contributed by atoms with E-state index in [0.29, 0.717) is 32.9 Å². The number of rotatable bonds is 11. The highest BCUT2D eigenvalue weighted by atomic mass is 127. The van der Waals surface area contributed by atoms with E-state index < -0.39 is 0 Å². The lowest BCUT2D eigenvalue weighted by Gasteiger charge is -2.11. The third-order valence-corrected chi connectivity index (χ3v) is 3.81. The molecule has 146 valence electrons. The Bertz CT molecular complexity index is 612. The second-order valence-electron chi connectivity index (χ2n) is 5.81. The lowest BCUT2D eigenvalue weighted by molar-refractivity contribution is 0.0487. The highest BCUT2D eigenvalue weighted by molar-refractivity contribution is 14.0. The zero-order valence-electron chi connectivity index (χ0n) is 15.7. The summed E-state index contributed by atoms with van der Waals surface area (Å²) in [5.41, 5.74) is 2.28. The second kappa shape index (κ2) is 13.8. The van der Waals surface area contributed by atoms with Gasteiger partial charge in [0.25, 0.3) is 0 Å². The molecule has 0 unspecified atom stereocenters. The average Bonchev–Trinajstić information content (AvgIpc) is 3.05. The normalized spacial score (nSPS) is 11.4. The fourth-order valence-corrected chi connectivity index (χ4v) is 2.44. The number of fused-ring (bicyclic) bond motifs is 1. The number of hydrogen-bond donors (Lipinski definition) is 3. The van der Waals surface area contributed by atoms with Crippen molar-refractivity contribution in [1.29, 1.82) is 0 Å². The number of benzene rings is 1. The van der Waals surface area contributed by atoms with Crippen LogP contribution < -0.4 is 10.6 Å². The number of nitrogens with one attached hydrogen (secondary N) is 3. The summed E-state index contributed by atoms with van der Waals surface area (Å²) in [6.45, 7) is 6.30. The van der Waals surface area contributed by atoms with Gasteiger partial charge in [0.05, 0.1) is 26.4 Å². The van der Waals surface area contributed by atoms with Gasteiger partial charge < -0.3 is 25.1 Å². The first-order valence-corrected chi connectivity index (χ1v) is 9.00. The summed E-state index contributed by atoms with van der Waals surface area (Å²) in [5.74, 6) is 0.765. The minimum atomic E-state index is 0. The Morgan fingerprint density at radius 1 is 1.08 bits per heavy atom. The Balaban J connectivity index is 0.00000338.